The summed E-state index contributed by atoms with van der Waals surface area (Å²) in [6, 6.07) is 9.18. The first kappa shape index (κ1) is 16.7. The monoisotopic (exact) mass is 366 g/mol. The van der Waals surface area contributed by atoms with E-state index in [1.54, 1.807) is 31.4 Å². The number of aromatic amines is 1. The highest BCUT2D eigenvalue weighted by atomic mass is 19.1. The van der Waals surface area contributed by atoms with Crippen molar-refractivity contribution in [3.8, 4) is 11.5 Å². The van der Waals surface area contributed by atoms with Crippen LogP contribution in [0.4, 0.5) is 16.2 Å². The second-order valence-corrected chi connectivity index (χ2v) is 5.94. The third-order valence-corrected chi connectivity index (χ3v) is 3.92. The fourth-order valence-corrected chi connectivity index (χ4v) is 2.59. The SMILES string of the molecule is Cc1cc(Nc2ncc3cc(Oc4ccccc4F)c(=O)n(C)c3n2)n[nH]1. The van der Waals surface area contributed by atoms with Gasteiger partial charge in [-0.3, -0.25) is 14.5 Å². The number of pyridine rings is 1. The van der Waals surface area contributed by atoms with E-state index in [-0.39, 0.29) is 11.5 Å². The van der Waals surface area contributed by atoms with Crippen molar-refractivity contribution in [2.24, 2.45) is 7.05 Å². The van der Waals surface area contributed by atoms with E-state index < -0.39 is 11.4 Å². The van der Waals surface area contributed by atoms with Crippen LogP contribution in [0.2, 0.25) is 0 Å². The Morgan fingerprint density at radius 3 is 2.78 bits per heavy atom. The minimum Gasteiger partial charge on any atom is -0.448 e. The molecule has 0 aliphatic heterocycles. The number of nitrogens with zero attached hydrogens (tertiary/aromatic N) is 4. The highest BCUT2D eigenvalue weighted by molar-refractivity contribution is 5.77. The van der Waals surface area contributed by atoms with Crippen molar-refractivity contribution in [2.75, 3.05) is 5.32 Å². The summed E-state index contributed by atoms with van der Waals surface area (Å²) >= 11 is 0. The highest BCUT2D eigenvalue weighted by Gasteiger charge is 2.13. The molecule has 4 rings (SSSR count). The number of aromatic nitrogens is 5. The lowest BCUT2D eigenvalue weighted by molar-refractivity contribution is 0.434. The van der Waals surface area contributed by atoms with Crippen molar-refractivity contribution in [2.45, 2.75) is 6.92 Å². The first-order valence-electron chi connectivity index (χ1n) is 8.09. The standard InChI is InChI=1S/C18H15FN6O2/c1-10-7-15(24-23-10)21-18-20-9-11-8-14(17(26)25(2)16(11)22-18)27-13-6-4-3-5-12(13)19/h3-9H,1-2H3,(H2,20,21,22,23,24). The first-order chi connectivity index (χ1) is 13.0. The van der Waals surface area contributed by atoms with Gasteiger partial charge >= 0.3 is 0 Å². The molecule has 0 fully saturated rings. The Morgan fingerprint density at radius 2 is 2.04 bits per heavy atom. The molecule has 0 aliphatic carbocycles. The van der Waals surface area contributed by atoms with Crippen molar-refractivity contribution in [1.82, 2.24) is 24.7 Å². The van der Waals surface area contributed by atoms with Gasteiger partial charge in [-0.05, 0) is 25.1 Å². The summed E-state index contributed by atoms with van der Waals surface area (Å²) in [5.74, 6) is 0.275. The van der Waals surface area contributed by atoms with Gasteiger partial charge in [0.1, 0.15) is 5.65 Å². The van der Waals surface area contributed by atoms with Crippen LogP contribution in [-0.4, -0.2) is 24.7 Å². The van der Waals surface area contributed by atoms with Gasteiger partial charge in [0.15, 0.2) is 23.1 Å². The molecule has 0 aliphatic rings. The molecular formula is C18H15FN6O2. The van der Waals surface area contributed by atoms with E-state index in [0.717, 1.165) is 5.69 Å². The van der Waals surface area contributed by atoms with Crippen molar-refractivity contribution in [3.05, 3.63) is 64.5 Å². The number of nitrogens with one attached hydrogen (secondary N) is 2. The van der Waals surface area contributed by atoms with Gasteiger partial charge in [0, 0.05) is 30.4 Å². The minimum atomic E-state index is -0.551. The van der Waals surface area contributed by atoms with Gasteiger partial charge in [-0.1, -0.05) is 12.1 Å². The van der Waals surface area contributed by atoms with Gasteiger partial charge < -0.3 is 10.1 Å². The third-order valence-electron chi connectivity index (χ3n) is 3.92. The van der Waals surface area contributed by atoms with Crippen LogP contribution in [-0.2, 0) is 7.05 Å². The van der Waals surface area contributed by atoms with Gasteiger partial charge in [0.2, 0.25) is 5.95 Å². The molecule has 0 radical (unpaired) electrons. The molecule has 0 spiro atoms. The smallest absolute Gasteiger partial charge is 0.294 e. The van der Waals surface area contributed by atoms with Gasteiger partial charge in [-0.2, -0.15) is 10.1 Å². The molecule has 3 heterocycles. The van der Waals surface area contributed by atoms with Crippen LogP contribution >= 0.6 is 0 Å². The molecule has 27 heavy (non-hydrogen) atoms. The summed E-state index contributed by atoms with van der Waals surface area (Å²) < 4.78 is 20.6. The number of para-hydroxylation sites is 1. The van der Waals surface area contributed by atoms with Crippen LogP contribution in [0.15, 0.2) is 47.4 Å². The molecule has 0 saturated carbocycles. The molecular weight excluding hydrogens is 351 g/mol. The summed E-state index contributed by atoms with van der Waals surface area (Å²) in [6.45, 7) is 1.88. The van der Waals surface area contributed by atoms with Crippen molar-refractivity contribution in [3.63, 3.8) is 0 Å². The maximum Gasteiger partial charge on any atom is 0.294 e. The molecule has 9 heteroatoms. The summed E-state index contributed by atoms with van der Waals surface area (Å²) in [5, 5.41) is 10.4. The lowest BCUT2D eigenvalue weighted by atomic mass is 10.3. The normalized spacial score (nSPS) is 10.9. The van der Waals surface area contributed by atoms with Crippen LogP contribution in [0.5, 0.6) is 11.5 Å². The zero-order valence-corrected chi connectivity index (χ0v) is 14.5. The maximum atomic E-state index is 13.8. The molecule has 0 amide bonds. The summed E-state index contributed by atoms with van der Waals surface area (Å²) in [7, 11) is 1.56. The topological polar surface area (TPSA) is 97.7 Å². The zero-order valence-electron chi connectivity index (χ0n) is 14.5. The average Bonchev–Trinajstić information content (AvgIpc) is 3.06. The second kappa shape index (κ2) is 6.52. The molecule has 2 N–H and O–H groups in total. The van der Waals surface area contributed by atoms with Crippen molar-refractivity contribution >= 4 is 22.8 Å². The van der Waals surface area contributed by atoms with Crippen molar-refractivity contribution in [1.29, 1.82) is 0 Å². The third kappa shape index (κ3) is 3.22. The molecule has 0 atom stereocenters. The Bertz CT molecular complexity index is 1200. The molecule has 1 aromatic carbocycles. The largest absolute Gasteiger partial charge is 0.448 e. The molecule has 8 nitrogen and oxygen atoms in total. The molecule has 136 valence electrons. The van der Waals surface area contributed by atoms with Crippen LogP contribution in [0, 0.1) is 12.7 Å². The van der Waals surface area contributed by atoms with Crippen LogP contribution in [0.3, 0.4) is 0 Å². The van der Waals surface area contributed by atoms with Crippen LogP contribution in [0.1, 0.15) is 5.69 Å². The van der Waals surface area contributed by atoms with E-state index in [0.29, 0.717) is 22.8 Å². The number of H-pyrrole nitrogens is 1. The molecule has 0 saturated heterocycles. The summed E-state index contributed by atoms with van der Waals surface area (Å²) in [5.41, 5.74) is 0.859. The number of fused-ring (bicyclic) bond motifs is 1. The number of rotatable bonds is 4. The Kier molecular flexibility index (Phi) is 4.03. The van der Waals surface area contributed by atoms with Gasteiger partial charge in [0.25, 0.3) is 5.56 Å². The van der Waals surface area contributed by atoms with Gasteiger partial charge in [-0.15, -0.1) is 0 Å². The Labute approximate surface area is 152 Å². The van der Waals surface area contributed by atoms with E-state index in [2.05, 4.69) is 25.5 Å². The van der Waals surface area contributed by atoms with Crippen molar-refractivity contribution < 1.29 is 9.13 Å². The number of anilines is 2. The second-order valence-electron chi connectivity index (χ2n) is 5.94. The number of aryl methyl sites for hydroxylation is 2. The summed E-state index contributed by atoms with van der Waals surface area (Å²) in [6.07, 6.45) is 1.55. The number of benzene rings is 1. The number of hydrogen-bond acceptors (Lipinski definition) is 6. The minimum absolute atomic E-state index is 0.0117. The number of ether oxygens (including phenoxy) is 1. The fourth-order valence-electron chi connectivity index (χ4n) is 2.59. The lowest BCUT2D eigenvalue weighted by Gasteiger charge is -2.10. The van der Waals surface area contributed by atoms with E-state index in [9.17, 15) is 9.18 Å². The van der Waals surface area contributed by atoms with Gasteiger partial charge in [-0.25, -0.2) is 9.37 Å². The highest BCUT2D eigenvalue weighted by Crippen LogP contribution is 2.24. The van der Waals surface area contributed by atoms with E-state index in [4.69, 9.17) is 4.74 Å². The predicted molar refractivity (Wildman–Crippen MR) is 97.9 cm³/mol. The number of halogens is 1. The Morgan fingerprint density at radius 1 is 1.22 bits per heavy atom. The quantitative estimate of drug-likeness (QED) is 0.576. The molecule has 0 bridgehead atoms. The first-order valence-corrected chi connectivity index (χ1v) is 8.09. The fraction of sp³-hybridized carbons (Fsp3) is 0.111. The van der Waals surface area contributed by atoms with Crippen LogP contribution < -0.4 is 15.6 Å². The van der Waals surface area contributed by atoms with E-state index >= 15 is 0 Å². The van der Waals surface area contributed by atoms with Crippen LogP contribution in [0.25, 0.3) is 11.0 Å². The predicted octanol–water partition coefficient (Wildman–Crippen LogP) is 3.04. The lowest BCUT2D eigenvalue weighted by Crippen LogP contribution is -2.19. The van der Waals surface area contributed by atoms with Gasteiger partial charge in [0.05, 0.1) is 0 Å². The maximum absolute atomic E-state index is 13.8. The average molecular weight is 366 g/mol. The Balaban J connectivity index is 1.72. The molecule has 4 aromatic rings. The molecule has 0 unspecified atom stereocenters. The van der Waals surface area contributed by atoms with E-state index in [1.807, 2.05) is 6.92 Å². The molecule has 3 aromatic heterocycles. The number of hydrogen-bond donors (Lipinski definition) is 2. The summed E-state index contributed by atoms with van der Waals surface area (Å²) in [4.78, 5) is 21.2. The Hall–Kier alpha value is -3.75. The zero-order chi connectivity index (χ0) is 19.0. The van der Waals surface area contributed by atoms with E-state index in [1.165, 1.54) is 22.8 Å².